The Balaban J connectivity index is 2.75. The third kappa shape index (κ3) is 5.74. The fourth-order valence-corrected chi connectivity index (χ4v) is 1.78. The van der Waals surface area contributed by atoms with Crippen molar-refractivity contribution in [2.45, 2.75) is 12.5 Å². The zero-order valence-corrected chi connectivity index (χ0v) is 12.1. The topological polar surface area (TPSA) is 104 Å². The molecule has 1 amide bonds. The van der Waals surface area contributed by atoms with Gasteiger partial charge in [-0.15, -0.1) is 0 Å². The average molecular weight is 360 g/mol. The molecule has 0 aliphatic rings. The molecular formula is C13H11BrFNO5. The summed E-state index contributed by atoms with van der Waals surface area (Å²) in [6, 6.07) is 2.57. The third-order valence-corrected chi connectivity index (χ3v) is 2.86. The Morgan fingerprint density at radius 3 is 2.57 bits per heavy atom. The zero-order valence-electron chi connectivity index (χ0n) is 10.5. The van der Waals surface area contributed by atoms with Crippen LogP contribution in [0.15, 0.2) is 28.7 Å². The fourth-order valence-electron chi connectivity index (χ4n) is 1.40. The van der Waals surface area contributed by atoms with E-state index in [2.05, 4.69) is 15.9 Å². The lowest BCUT2D eigenvalue weighted by Crippen LogP contribution is -2.41. The third-order valence-electron chi connectivity index (χ3n) is 2.37. The van der Waals surface area contributed by atoms with E-state index in [1.54, 1.807) is 0 Å². The van der Waals surface area contributed by atoms with Crippen LogP contribution in [0.5, 0.6) is 0 Å². The lowest BCUT2D eigenvalue weighted by Gasteiger charge is -2.10. The van der Waals surface area contributed by atoms with Crippen LogP contribution in [0.1, 0.15) is 12.0 Å². The summed E-state index contributed by atoms with van der Waals surface area (Å²) >= 11 is 3.15. The predicted molar refractivity (Wildman–Crippen MR) is 75.0 cm³/mol. The lowest BCUT2D eigenvalue weighted by molar-refractivity contribution is -0.146. The van der Waals surface area contributed by atoms with Crippen molar-refractivity contribution in [1.29, 1.82) is 0 Å². The van der Waals surface area contributed by atoms with Gasteiger partial charge in [0.2, 0.25) is 5.91 Å². The number of nitrogens with one attached hydrogen (secondary N) is 1. The number of hydrogen-bond donors (Lipinski definition) is 3. The highest BCUT2D eigenvalue weighted by atomic mass is 79.9. The van der Waals surface area contributed by atoms with Crippen molar-refractivity contribution in [2.75, 3.05) is 0 Å². The minimum Gasteiger partial charge on any atom is -0.481 e. The Morgan fingerprint density at radius 2 is 2.00 bits per heavy atom. The monoisotopic (exact) mass is 359 g/mol. The van der Waals surface area contributed by atoms with Gasteiger partial charge in [-0.1, -0.05) is 15.9 Å². The summed E-state index contributed by atoms with van der Waals surface area (Å²) in [4.78, 5) is 32.8. The van der Waals surface area contributed by atoms with E-state index in [1.165, 1.54) is 18.2 Å². The summed E-state index contributed by atoms with van der Waals surface area (Å²) in [5, 5.41) is 19.3. The largest absolute Gasteiger partial charge is 0.481 e. The highest BCUT2D eigenvalue weighted by Gasteiger charge is 2.21. The molecule has 0 unspecified atom stereocenters. The van der Waals surface area contributed by atoms with Crippen molar-refractivity contribution in [3.05, 3.63) is 40.1 Å². The zero-order chi connectivity index (χ0) is 16.0. The molecule has 1 rings (SSSR count). The first-order valence-electron chi connectivity index (χ1n) is 5.68. The number of hydrogen-bond acceptors (Lipinski definition) is 3. The first-order chi connectivity index (χ1) is 9.79. The first-order valence-corrected chi connectivity index (χ1v) is 6.47. The van der Waals surface area contributed by atoms with E-state index in [0.717, 1.165) is 12.2 Å². The van der Waals surface area contributed by atoms with Crippen LogP contribution in [0, 0.1) is 5.82 Å². The molecule has 0 heterocycles. The smallest absolute Gasteiger partial charge is 0.326 e. The second-order valence-corrected chi connectivity index (χ2v) is 4.91. The summed E-state index contributed by atoms with van der Waals surface area (Å²) in [5.74, 6) is -4.21. The maximum atomic E-state index is 13.4. The molecule has 21 heavy (non-hydrogen) atoms. The van der Waals surface area contributed by atoms with Gasteiger partial charge in [-0.3, -0.25) is 9.59 Å². The maximum absolute atomic E-state index is 13.4. The molecule has 1 aromatic rings. The van der Waals surface area contributed by atoms with Crippen LogP contribution in [0.3, 0.4) is 0 Å². The van der Waals surface area contributed by atoms with Crippen LogP contribution >= 0.6 is 15.9 Å². The van der Waals surface area contributed by atoms with Crippen LogP contribution < -0.4 is 5.32 Å². The van der Waals surface area contributed by atoms with Gasteiger partial charge in [0.1, 0.15) is 11.9 Å². The molecule has 112 valence electrons. The molecule has 0 bridgehead atoms. The Labute approximate surface area is 127 Å². The van der Waals surface area contributed by atoms with Crippen LogP contribution in [-0.2, 0) is 14.4 Å². The van der Waals surface area contributed by atoms with Crippen LogP contribution in [-0.4, -0.2) is 34.1 Å². The van der Waals surface area contributed by atoms with Crippen molar-refractivity contribution >= 4 is 39.9 Å². The standard InChI is InChI=1S/C13H11BrFNO5/c14-8-2-3-9(15)7(5-8)1-4-11(17)16-10(13(20)21)6-12(18)19/h1-5,10H,6H2,(H,16,17)(H,18,19)(H,20,21)/b4-1+/t10-/m0/s1. The second-order valence-electron chi connectivity index (χ2n) is 4.00. The number of carbonyl (C=O) groups is 3. The molecule has 0 radical (unpaired) electrons. The molecule has 1 aromatic carbocycles. The summed E-state index contributed by atoms with van der Waals surface area (Å²) < 4.78 is 14.0. The van der Waals surface area contributed by atoms with E-state index < -0.39 is 36.1 Å². The van der Waals surface area contributed by atoms with Gasteiger partial charge in [0.15, 0.2) is 0 Å². The number of rotatable bonds is 6. The Morgan fingerprint density at radius 1 is 1.33 bits per heavy atom. The molecule has 6 nitrogen and oxygen atoms in total. The summed E-state index contributed by atoms with van der Waals surface area (Å²) in [6.45, 7) is 0. The van der Waals surface area contributed by atoms with Gasteiger partial charge >= 0.3 is 11.9 Å². The van der Waals surface area contributed by atoms with Crippen molar-refractivity contribution in [3.63, 3.8) is 0 Å². The lowest BCUT2D eigenvalue weighted by atomic mass is 10.2. The maximum Gasteiger partial charge on any atom is 0.326 e. The van der Waals surface area contributed by atoms with Crippen molar-refractivity contribution in [2.24, 2.45) is 0 Å². The number of aliphatic carboxylic acids is 2. The molecule has 0 aromatic heterocycles. The first kappa shape index (κ1) is 16.8. The van der Waals surface area contributed by atoms with Gasteiger partial charge in [0.25, 0.3) is 0 Å². The molecule has 0 aliphatic carbocycles. The van der Waals surface area contributed by atoms with Crippen molar-refractivity contribution in [3.8, 4) is 0 Å². The SMILES string of the molecule is O=C(O)C[C@H](NC(=O)/C=C/c1cc(Br)ccc1F)C(=O)O. The van der Waals surface area contributed by atoms with E-state index in [9.17, 15) is 18.8 Å². The van der Waals surface area contributed by atoms with Gasteiger partial charge in [-0.2, -0.15) is 0 Å². The van der Waals surface area contributed by atoms with Crippen molar-refractivity contribution in [1.82, 2.24) is 5.32 Å². The molecule has 0 spiro atoms. The quantitative estimate of drug-likeness (QED) is 0.670. The van der Waals surface area contributed by atoms with Gasteiger partial charge in [-0.05, 0) is 24.3 Å². The number of carbonyl (C=O) groups excluding carboxylic acids is 1. The van der Waals surface area contributed by atoms with Gasteiger partial charge < -0.3 is 15.5 Å². The summed E-state index contributed by atoms with van der Waals surface area (Å²) in [6.07, 6.45) is 1.35. The molecule has 0 saturated heterocycles. The van der Waals surface area contributed by atoms with Gasteiger partial charge in [0.05, 0.1) is 6.42 Å². The Bertz CT molecular complexity index is 602. The highest BCUT2D eigenvalue weighted by Crippen LogP contribution is 2.16. The van der Waals surface area contributed by atoms with E-state index in [0.29, 0.717) is 4.47 Å². The second kappa shape index (κ2) is 7.53. The van der Waals surface area contributed by atoms with E-state index >= 15 is 0 Å². The highest BCUT2D eigenvalue weighted by molar-refractivity contribution is 9.10. The number of carboxylic acid groups (broad SMARTS) is 2. The minimum absolute atomic E-state index is 0.129. The summed E-state index contributed by atoms with van der Waals surface area (Å²) in [5.41, 5.74) is 0.129. The molecule has 8 heteroatoms. The predicted octanol–water partition coefficient (Wildman–Crippen LogP) is 1.65. The number of carboxylic acids is 2. The number of halogens is 2. The summed E-state index contributed by atoms with van der Waals surface area (Å²) in [7, 11) is 0. The van der Waals surface area contributed by atoms with E-state index in [4.69, 9.17) is 10.2 Å². The van der Waals surface area contributed by atoms with E-state index in [1.807, 2.05) is 5.32 Å². The number of amides is 1. The fraction of sp³-hybridized carbons (Fsp3) is 0.154. The Hall–Kier alpha value is -2.22. The molecule has 0 fully saturated rings. The number of benzene rings is 1. The van der Waals surface area contributed by atoms with Gasteiger partial charge in [0, 0.05) is 16.1 Å². The molecular weight excluding hydrogens is 349 g/mol. The minimum atomic E-state index is -1.55. The van der Waals surface area contributed by atoms with Crippen molar-refractivity contribution < 1.29 is 29.0 Å². The molecule has 1 atom stereocenters. The van der Waals surface area contributed by atoms with E-state index in [-0.39, 0.29) is 5.56 Å². The molecule has 0 saturated carbocycles. The molecule has 0 aliphatic heterocycles. The molecule has 3 N–H and O–H groups in total. The Kier molecular flexibility index (Phi) is 6.04. The van der Waals surface area contributed by atoms with Crippen LogP contribution in [0.2, 0.25) is 0 Å². The van der Waals surface area contributed by atoms with Crippen LogP contribution in [0.4, 0.5) is 4.39 Å². The van der Waals surface area contributed by atoms with Crippen LogP contribution in [0.25, 0.3) is 6.08 Å². The van der Waals surface area contributed by atoms with Gasteiger partial charge in [-0.25, -0.2) is 9.18 Å². The normalized spacial score (nSPS) is 12.1. The average Bonchev–Trinajstić information content (AvgIpc) is 2.38.